The highest BCUT2D eigenvalue weighted by molar-refractivity contribution is 7.87. The van der Waals surface area contributed by atoms with Gasteiger partial charge in [0.1, 0.15) is 12.7 Å². The second kappa shape index (κ2) is 5.72. The van der Waals surface area contributed by atoms with Crippen LogP contribution in [-0.4, -0.2) is 26.5 Å². The van der Waals surface area contributed by atoms with Gasteiger partial charge in [0.2, 0.25) is 6.61 Å². The Morgan fingerprint density at radius 2 is 1.84 bits per heavy atom. The molecule has 108 valence electrons. The molecule has 1 aliphatic carbocycles. The number of allylic oxidation sites excluding steroid dienone is 1. The summed E-state index contributed by atoms with van der Waals surface area (Å²) in [5, 5.41) is 0. The van der Waals surface area contributed by atoms with E-state index in [1.165, 1.54) is 0 Å². The largest absolute Gasteiger partial charge is 0.534 e. The molecule has 0 aromatic heterocycles. The average Bonchev–Trinajstić information content (AvgIpc) is 2.28. The molecule has 0 bridgehead atoms. The van der Waals surface area contributed by atoms with Gasteiger partial charge in [0, 0.05) is 6.42 Å². The van der Waals surface area contributed by atoms with E-state index in [4.69, 9.17) is 0 Å². The molecule has 0 fully saturated rings. The summed E-state index contributed by atoms with van der Waals surface area (Å²) in [5.41, 5.74) is -5.71. The molecule has 0 aromatic carbocycles. The Morgan fingerprint density at radius 3 is 2.37 bits per heavy atom. The highest BCUT2D eigenvalue weighted by Crippen LogP contribution is 2.32. The molecular formula is C10H12F3O5S+. The average molecular weight is 301 g/mol. The molecule has 0 heterocycles. The van der Waals surface area contributed by atoms with Crippen LogP contribution in [0.15, 0.2) is 11.3 Å². The minimum atomic E-state index is -5.76. The van der Waals surface area contributed by atoms with Gasteiger partial charge in [-0.3, -0.25) is 0 Å². The number of rotatable bonds is 4. The molecule has 0 atom stereocenters. The minimum absolute atomic E-state index is 0.0586. The van der Waals surface area contributed by atoms with E-state index < -0.39 is 27.4 Å². The molecule has 19 heavy (non-hydrogen) atoms. The number of hydrogen-bond donors (Lipinski definition) is 0. The van der Waals surface area contributed by atoms with Crippen LogP contribution >= 0.6 is 0 Å². The zero-order chi connectivity index (χ0) is 14.7. The number of ether oxygens (including phenoxy) is 1. The fourth-order valence-corrected chi connectivity index (χ4v) is 2.09. The van der Waals surface area contributed by atoms with Crippen LogP contribution in [-0.2, 0) is 23.8 Å². The summed E-state index contributed by atoms with van der Waals surface area (Å²) in [4.78, 5) is 11.5. The highest BCUT2D eigenvalue weighted by atomic mass is 32.2. The van der Waals surface area contributed by atoms with Gasteiger partial charge in [0.25, 0.3) is 0 Å². The van der Waals surface area contributed by atoms with E-state index in [0.29, 0.717) is 12.8 Å². The van der Waals surface area contributed by atoms with Crippen LogP contribution in [0.2, 0.25) is 0 Å². The molecule has 1 aliphatic rings. The summed E-state index contributed by atoms with van der Waals surface area (Å²) < 4.78 is 67.0. The van der Waals surface area contributed by atoms with Gasteiger partial charge in [-0.2, -0.15) is 21.6 Å². The van der Waals surface area contributed by atoms with Crippen LogP contribution < -0.4 is 0 Å². The molecule has 0 saturated carbocycles. The van der Waals surface area contributed by atoms with E-state index in [1.54, 1.807) is 0 Å². The third kappa shape index (κ3) is 3.79. The summed E-state index contributed by atoms with van der Waals surface area (Å²) in [6.07, 6.45) is 1.03. The fourth-order valence-electron chi connectivity index (χ4n) is 1.54. The lowest BCUT2D eigenvalue weighted by atomic mass is 9.98. The lowest BCUT2D eigenvalue weighted by Gasteiger charge is -2.19. The van der Waals surface area contributed by atoms with Crippen LogP contribution in [0.3, 0.4) is 0 Å². The number of halogens is 3. The van der Waals surface area contributed by atoms with Crippen molar-refractivity contribution in [3.63, 3.8) is 0 Å². The lowest BCUT2D eigenvalue weighted by molar-refractivity contribution is -0.138. The van der Waals surface area contributed by atoms with E-state index in [9.17, 15) is 26.4 Å². The van der Waals surface area contributed by atoms with Crippen LogP contribution in [0, 0.1) is 6.92 Å². The maximum atomic E-state index is 12.2. The normalized spacial score (nSPS) is 17.2. The van der Waals surface area contributed by atoms with Crippen molar-refractivity contribution in [3.8, 4) is 0 Å². The quantitative estimate of drug-likeness (QED) is 0.344. The molecular weight excluding hydrogens is 289 g/mol. The Kier molecular flexibility index (Phi) is 4.72. The van der Waals surface area contributed by atoms with Crippen molar-refractivity contribution >= 4 is 16.1 Å². The predicted molar refractivity (Wildman–Crippen MR) is 57.9 cm³/mol. The van der Waals surface area contributed by atoms with E-state index in [0.717, 1.165) is 0 Å². The molecule has 0 spiro atoms. The number of alkyl halides is 3. The summed E-state index contributed by atoms with van der Waals surface area (Å²) in [7, 11) is -5.76. The summed E-state index contributed by atoms with van der Waals surface area (Å²) >= 11 is 0. The molecule has 0 saturated heterocycles. The van der Waals surface area contributed by atoms with Gasteiger partial charge in [0.15, 0.2) is 0 Å². The standard InChI is InChI=1S/C10H12F3O5S/c1-2-17-9(14)7-5-3-4-6-8(7)18-19(15,16)10(11,12)13/h1-6H2/q+1. The third-order valence-electron chi connectivity index (χ3n) is 2.39. The number of esters is 1. The first-order valence-corrected chi connectivity index (χ1v) is 6.79. The number of hydrogen-bond acceptors (Lipinski definition) is 5. The van der Waals surface area contributed by atoms with Crippen LogP contribution in [0.5, 0.6) is 0 Å². The Bertz CT molecular complexity index is 478. The molecule has 0 aromatic rings. The minimum Gasteiger partial charge on any atom is -0.420 e. The first-order chi connectivity index (χ1) is 8.69. The predicted octanol–water partition coefficient (Wildman–Crippen LogP) is 2.06. The fraction of sp³-hybridized carbons (Fsp3) is 0.600. The summed E-state index contributed by atoms with van der Waals surface area (Å²) in [6.45, 7) is 3.05. The van der Waals surface area contributed by atoms with Gasteiger partial charge >= 0.3 is 21.6 Å². The summed E-state index contributed by atoms with van der Waals surface area (Å²) in [5.74, 6) is -1.40. The topological polar surface area (TPSA) is 69.7 Å². The first-order valence-electron chi connectivity index (χ1n) is 5.38. The van der Waals surface area contributed by atoms with Gasteiger partial charge in [-0.05, 0) is 19.3 Å². The lowest BCUT2D eigenvalue weighted by Crippen LogP contribution is -2.27. The molecule has 0 amide bonds. The molecule has 9 heteroatoms. The van der Waals surface area contributed by atoms with Gasteiger partial charge in [0.05, 0.1) is 5.57 Å². The maximum Gasteiger partial charge on any atom is 0.534 e. The van der Waals surface area contributed by atoms with E-state index in [2.05, 4.69) is 15.8 Å². The zero-order valence-electron chi connectivity index (χ0n) is 9.83. The Hall–Kier alpha value is -1.38. The second-order valence-corrected chi connectivity index (χ2v) is 5.27. The monoisotopic (exact) mass is 301 g/mol. The van der Waals surface area contributed by atoms with Crippen molar-refractivity contribution in [3.05, 3.63) is 18.3 Å². The van der Waals surface area contributed by atoms with Crippen molar-refractivity contribution in [1.82, 2.24) is 0 Å². The van der Waals surface area contributed by atoms with Crippen molar-refractivity contribution in [2.75, 3.05) is 6.61 Å². The van der Waals surface area contributed by atoms with Gasteiger partial charge in [-0.15, -0.1) is 0 Å². The van der Waals surface area contributed by atoms with Crippen LogP contribution in [0.4, 0.5) is 13.2 Å². The van der Waals surface area contributed by atoms with Crippen LogP contribution in [0.1, 0.15) is 25.7 Å². The third-order valence-corrected chi connectivity index (χ3v) is 3.38. The molecule has 0 radical (unpaired) electrons. The molecule has 0 unspecified atom stereocenters. The van der Waals surface area contributed by atoms with E-state index in [-0.39, 0.29) is 25.0 Å². The molecule has 5 nitrogen and oxygen atoms in total. The zero-order valence-corrected chi connectivity index (χ0v) is 10.6. The molecule has 0 aliphatic heterocycles. The van der Waals surface area contributed by atoms with Crippen molar-refractivity contribution < 1.29 is 35.3 Å². The van der Waals surface area contributed by atoms with Crippen molar-refractivity contribution in [2.24, 2.45) is 0 Å². The van der Waals surface area contributed by atoms with Gasteiger partial charge in [-0.1, -0.05) is 0 Å². The molecule has 0 N–H and O–H groups in total. The SMILES string of the molecule is [CH2+]COC(=O)C1=C(OS(=O)(=O)C(F)(F)F)CCCC1. The van der Waals surface area contributed by atoms with Crippen molar-refractivity contribution in [2.45, 2.75) is 31.2 Å². The smallest absolute Gasteiger partial charge is 0.420 e. The second-order valence-electron chi connectivity index (χ2n) is 3.73. The summed E-state index contributed by atoms with van der Waals surface area (Å²) in [6, 6.07) is 0. The van der Waals surface area contributed by atoms with E-state index >= 15 is 0 Å². The highest BCUT2D eigenvalue weighted by Gasteiger charge is 2.49. The van der Waals surface area contributed by atoms with Crippen molar-refractivity contribution in [1.29, 1.82) is 0 Å². The van der Waals surface area contributed by atoms with Gasteiger partial charge < -0.3 is 8.92 Å². The molecule has 1 rings (SSSR count). The Labute approximate surface area is 108 Å². The Balaban J connectivity index is 3.03. The number of carbonyl (C=O) groups is 1. The Morgan fingerprint density at radius 1 is 1.26 bits per heavy atom. The van der Waals surface area contributed by atoms with E-state index in [1.807, 2.05) is 0 Å². The first kappa shape index (κ1) is 15.7. The van der Waals surface area contributed by atoms with Gasteiger partial charge in [-0.25, -0.2) is 4.79 Å². The maximum absolute atomic E-state index is 12.2. The number of carbonyl (C=O) groups excluding carboxylic acids is 1. The van der Waals surface area contributed by atoms with Crippen LogP contribution in [0.25, 0.3) is 0 Å².